The van der Waals surface area contributed by atoms with Crippen molar-refractivity contribution in [3.8, 4) is 12.3 Å². The van der Waals surface area contributed by atoms with Crippen molar-refractivity contribution >= 4 is 12.0 Å². The topological polar surface area (TPSA) is 69.6 Å². The van der Waals surface area contributed by atoms with E-state index in [1.165, 1.54) is 4.90 Å². The Morgan fingerprint density at radius 1 is 1.56 bits per heavy atom. The number of urea groups is 1. The third-order valence-electron chi connectivity index (χ3n) is 3.50. The highest BCUT2D eigenvalue weighted by Crippen LogP contribution is 2.33. The first-order valence-corrected chi connectivity index (χ1v) is 6.10. The van der Waals surface area contributed by atoms with Gasteiger partial charge in [-0.1, -0.05) is 12.8 Å². The van der Waals surface area contributed by atoms with Crippen LogP contribution in [0.15, 0.2) is 0 Å². The van der Waals surface area contributed by atoms with Gasteiger partial charge in [-0.15, -0.1) is 6.42 Å². The van der Waals surface area contributed by atoms with Crippen molar-refractivity contribution in [2.24, 2.45) is 0 Å². The molecular weight excluding hydrogens is 232 g/mol. The van der Waals surface area contributed by atoms with Crippen molar-refractivity contribution in [2.75, 3.05) is 6.54 Å². The van der Waals surface area contributed by atoms with Gasteiger partial charge in [-0.25, -0.2) is 9.59 Å². The number of carbonyl (C=O) groups is 2. The predicted octanol–water partition coefficient (Wildman–Crippen LogP) is 1.44. The van der Waals surface area contributed by atoms with E-state index in [1.54, 1.807) is 20.8 Å². The first-order valence-electron chi connectivity index (χ1n) is 6.10. The van der Waals surface area contributed by atoms with E-state index in [0.29, 0.717) is 25.8 Å². The minimum absolute atomic E-state index is 0.395. The summed E-state index contributed by atoms with van der Waals surface area (Å²) in [6.45, 7) is 5.64. The highest BCUT2D eigenvalue weighted by Gasteiger charge is 2.49. The molecule has 5 nitrogen and oxygen atoms in total. The van der Waals surface area contributed by atoms with Crippen LogP contribution < -0.4 is 5.32 Å². The fraction of sp³-hybridized carbons (Fsp3) is 0.692. The molecule has 1 unspecified atom stereocenters. The molecule has 5 heteroatoms. The van der Waals surface area contributed by atoms with Gasteiger partial charge in [-0.2, -0.15) is 0 Å². The van der Waals surface area contributed by atoms with Gasteiger partial charge < -0.3 is 15.3 Å². The standard InChI is InChI=1S/C13H20N2O3/c1-5-12(3,4)14-11(18)15-9-7-8-13(15,6-2)10(16)17/h1H,6-9H2,2-4H3,(H,14,18)(H,16,17). The van der Waals surface area contributed by atoms with Gasteiger partial charge in [-0.3, -0.25) is 0 Å². The molecule has 0 saturated carbocycles. The van der Waals surface area contributed by atoms with Crippen LogP contribution in [-0.2, 0) is 4.79 Å². The number of terminal acetylenes is 1. The van der Waals surface area contributed by atoms with Crippen LogP contribution in [0.25, 0.3) is 0 Å². The Balaban J connectivity index is 2.92. The molecule has 1 fully saturated rings. The quantitative estimate of drug-likeness (QED) is 0.747. The van der Waals surface area contributed by atoms with Crippen LogP contribution in [0.5, 0.6) is 0 Å². The van der Waals surface area contributed by atoms with E-state index in [-0.39, 0.29) is 0 Å². The molecule has 0 aliphatic carbocycles. The third-order valence-corrected chi connectivity index (χ3v) is 3.50. The number of amides is 2. The fourth-order valence-electron chi connectivity index (χ4n) is 2.29. The van der Waals surface area contributed by atoms with E-state index < -0.39 is 23.1 Å². The lowest BCUT2D eigenvalue weighted by Gasteiger charge is -2.35. The van der Waals surface area contributed by atoms with Crippen LogP contribution >= 0.6 is 0 Å². The van der Waals surface area contributed by atoms with Crippen LogP contribution in [-0.4, -0.2) is 39.6 Å². The number of hydrogen-bond acceptors (Lipinski definition) is 2. The largest absolute Gasteiger partial charge is 0.479 e. The van der Waals surface area contributed by atoms with Crippen molar-refractivity contribution in [3.63, 3.8) is 0 Å². The second-order valence-corrected chi connectivity index (χ2v) is 5.14. The Morgan fingerprint density at radius 3 is 2.61 bits per heavy atom. The number of nitrogens with zero attached hydrogens (tertiary/aromatic N) is 1. The Labute approximate surface area is 108 Å². The van der Waals surface area contributed by atoms with Gasteiger partial charge >= 0.3 is 12.0 Å². The molecule has 100 valence electrons. The highest BCUT2D eigenvalue weighted by atomic mass is 16.4. The smallest absolute Gasteiger partial charge is 0.329 e. The van der Waals surface area contributed by atoms with Crippen molar-refractivity contribution in [1.82, 2.24) is 10.2 Å². The zero-order valence-electron chi connectivity index (χ0n) is 11.1. The van der Waals surface area contributed by atoms with Crippen LogP contribution in [0.4, 0.5) is 4.79 Å². The van der Waals surface area contributed by atoms with Gasteiger partial charge in [0, 0.05) is 6.54 Å². The van der Waals surface area contributed by atoms with Crippen LogP contribution in [0.1, 0.15) is 40.0 Å². The summed E-state index contributed by atoms with van der Waals surface area (Å²) in [4.78, 5) is 25.0. The normalized spacial score (nSPS) is 23.6. The zero-order valence-corrected chi connectivity index (χ0v) is 11.1. The molecule has 0 aromatic carbocycles. The van der Waals surface area contributed by atoms with Gasteiger partial charge in [0.1, 0.15) is 5.54 Å². The Kier molecular flexibility index (Phi) is 3.90. The lowest BCUT2D eigenvalue weighted by Crippen LogP contribution is -2.58. The lowest BCUT2D eigenvalue weighted by molar-refractivity contribution is -0.148. The molecule has 0 bridgehead atoms. The summed E-state index contributed by atoms with van der Waals surface area (Å²) >= 11 is 0. The van der Waals surface area contributed by atoms with Crippen molar-refractivity contribution in [1.29, 1.82) is 0 Å². The van der Waals surface area contributed by atoms with Gasteiger partial charge in [0.2, 0.25) is 0 Å². The summed E-state index contributed by atoms with van der Waals surface area (Å²) < 4.78 is 0. The Morgan fingerprint density at radius 2 is 2.17 bits per heavy atom. The van der Waals surface area contributed by atoms with Crippen molar-refractivity contribution < 1.29 is 14.7 Å². The summed E-state index contributed by atoms with van der Waals surface area (Å²) in [6, 6.07) is -0.403. The van der Waals surface area contributed by atoms with Gasteiger partial charge in [-0.05, 0) is 33.1 Å². The number of carbonyl (C=O) groups excluding carboxylic acids is 1. The van der Waals surface area contributed by atoms with E-state index in [1.807, 2.05) is 0 Å². The lowest BCUT2D eigenvalue weighted by atomic mass is 9.93. The summed E-state index contributed by atoms with van der Waals surface area (Å²) in [7, 11) is 0. The minimum Gasteiger partial charge on any atom is -0.479 e. The molecule has 0 radical (unpaired) electrons. The van der Waals surface area contributed by atoms with Gasteiger partial charge in [0.15, 0.2) is 0 Å². The summed E-state index contributed by atoms with van der Waals surface area (Å²) in [5.74, 6) is 1.52. The molecule has 1 aliphatic heterocycles. The number of carboxylic acids is 1. The Hall–Kier alpha value is -1.70. The Bertz CT molecular complexity index is 398. The first-order chi connectivity index (χ1) is 8.29. The molecule has 2 N–H and O–H groups in total. The molecule has 18 heavy (non-hydrogen) atoms. The predicted molar refractivity (Wildman–Crippen MR) is 68.0 cm³/mol. The average Bonchev–Trinajstić information content (AvgIpc) is 2.73. The molecule has 0 aromatic heterocycles. The van der Waals surface area contributed by atoms with E-state index in [2.05, 4.69) is 11.2 Å². The van der Waals surface area contributed by atoms with Crippen LogP contribution in [0.3, 0.4) is 0 Å². The molecule has 1 rings (SSSR count). The van der Waals surface area contributed by atoms with E-state index in [9.17, 15) is 14.7 Å². The maximum absolute atomic E-state index is 12.2. The van der Waals surface area contributed by atoms with E-state index in [0.717, 1.165) is 0 Å². The molecule has 1 aliphatic rings. The molecule has 2 amide bonds. The molecule has 1 heterocycles. The minimum atomic E-state index is -1.09. The fourth-order valence-corrected chi connectivity index (χ4v) is 2.29. The zero-order chi connectivity index (χ0) is 14.0. The number of likely N-dealkylation sites (tertiary alicyclic amines) is 1. The number of aliphatic carboxylic acids is 1. The second-order valence-electron chi connectivity index (χ2n) is 5.14. The van der Waals surface area contributed by atoms with Crippen molar-refractivity contribution in [2.45, 2.75) is 51.1 Å². The highest BCUT2D eigenvalue weighted by molar-refractivity contribution is 5.87. The maximum Gasteiger partial charge on any atom is 0.329 e. The van der Waals surface area contributed by atoms with E-state index >= 15 is 0 Å². The second kappa shape index (κ2) is 4.89. The molecule has 0 aromatic rings. The monoisotopic (exact) mass is 252 g/mol. The van der Waals surface area contributed by atoms with Crippen molar-refractivity contribution in [3.05, 3.63) is 0 Å². The van der Waals surface area contributed by atoms with Crippen LogP contribution in [0.2, 0.25) is 0 Å². The van der Waals surface area contributed by atoms with Gasteiger partial charge in [0.05, 0.1) is 5.54 Å². The maximum atomic E-state index is 12.2. The summed E-state index contributed by atoms with van der Waals surface area (Å²) in [5, 5.41) is 12.1. The summed E-state index contributed by atoms with van der Waals surface area (Å²) in [5.41, 5.74) is -1.87. The molecule has 0 spiro atoms. The average molecular weight is 252 g/mol. The summed E-state index contributed by atoms with van der Waals surface area (Å²) in [6.07, 6.45) is 6.90. The van der Waals surface area contributed by atoms with Crippen LogP contribution in [0, 0.1) is 12.3 Å². The molecular formula is C13H20N2O3. The number of carboxylic acid groups (broad SMARTS) is 1. The molecule has 1 atom stereocenters. The third kappa shape index (κ3) is 2.42. The number of hydrogen-bond donors (Lipinski definition) is 2. The molecule has 1 saturated heterocycles. The SMILES string of the molecule is C#CC(C)(C)NC(=O)N1CCCC1(CC)C(=O)O. The number of rotatable bonds is 3. The number of nitrogens with one attached hydrogen (secondary N) is 1. The van der Waals surface area contributed by atoms with E-state index in [4.69, 9.17) is 6.42 Å². The first kappa shape index (κ1) is 14.4. The van der Waals surface area contributed by atoms with Gasteiger partial charge in [0.25, 0.3) is 0 Å².